The van der Waals surface area contributed by atoms with E-state index in [2.05, 4.69) is 22.7 Å². The summed E-state index contributed by atoms with van der Waals surface area (Å²) in [7, 11) is 0. The molecule has 24 heavy (non-hydrogen) atoms. The van der Waals surface area contributed by atoms with Crippen molar-refractivity contribution in [2.75, 3.05) is 0 Å². The van der Waals surface area contributed by atoms with Gasteiger partial charge in [0, 0.05) is 11.6 Å². The highest BCUT2D eigenvalue weighted by Crippen LogP contribution is 2.28. The Morgan fingerprint density at radius 1 is 1.38 bits per heavy atom. The van der Waals surface area contributed by atoms with Gasteiger partial charge in [-0.2, -0.15) is 5.10 Å². The summed E-state index contributed by atoms with van der Waals surface area (Å²) in [5, 5.41) is 14.9. The minimum Gasteiger partial charge on any atom is -0.482 e. The summed E-state index contributed by atoms with van der Waals surface area (Å²) < 4.78 is 18.3. The Hall–Kier alpha value is -3.07. The van der Waals surface area contributed by atoms with Gasteiger partial charge in [0.15, 0.2) is 10.9 Å². The molecule has 0 aromatic heterocycles. The highest BCUT2D eigenvalue weighted by molar-refractivity contribution is 7.80. The SMILES string of the molecule is NC(=S)NN=Cc1ccc(OCc2ccc(F)cc2)c([N+](=O)[O-])c1. The van der Waals surface area contributed by atoms with Gasteiger partial charge in [-0.25, -0.2) is 4.39 Å². The molecule has 0 spiro atoms. The molecule has 3 N–H and O–H groups in total. The van der Waals surface area contributed by atoms with Gasteiger partial charge in [-0.3, -0.25) is 15.5 Å². The smallest absolute Gasteiger partial charge is 0.311 e. The van der Waals surface area contributed by atoms with Gasteiger partial charge in [0.05, 0.1) is 11.1 Å². The van der Waals surface area contributed by atoms with E-state index < -0.39 is 4.92 Å². The van der Waals surface area contributed by atoms with Gasteiger partial charge in [-0.1, -0.05) is 12.1 Å². The molecule has 0 atom stereocenters. The Labute approximate surface area is 142 Å². The third-order valence-corrected chi connectivity index (χ3v) is 2.97. The molecular weight excluding hydrogens is 335 g/mol. The molecule has 0 saturated carbocycles. The number of nitro groups is 1. The highest BCUT2D eigenvalue weighted by atomic mass is 32.1. The largest absolute Gasteiger partial charge is 0.482 e. The molecule has 0 aliphatic carbocycles. The predicted molar refractivity (Wildman–Crippen MR) is 91.3 cm³/mol. The molecule has 0 aliphatic rings. The van der Waals surface area contributed by atoms with Crippen molar-refractivity contribution in [1.29, 1.82) is 0 Å². The summed E-state index contributed by atoms with van der Waals surface area (Å²) in [5.41, 5.74) is 8.53. The second-order valence-corrected chi connectivity index (χ2v) is 5.07. The van der Waals surface area contributed by atoms with Crippen molar-refractivity contribution < 1.29 is 14.1 Å². The fraction of sp³-hybridized carbons (Fsp3) is 0.0667. The predicted octanol–water partition coefficient (Wildman–Crippen LogP) is 2.48. The van der Waals surface area contributed by atoms with E-state index in [-0.39, 0.29) is 29.0 Å². The second-order valence-electron chi connectivity index (χ2n) is 4.63. The number of hydrazone groups is 1. The van der Waals surface area contributed by atoms with Crippen LogP contribution in [-0.2, 0) is 6.61 Å². The van der Waals surface area contributed by atoms with Crippen molar-refractivity contribution in [3.8, 4) is 5.75 Å². The van der Waals surface area contributed by atoms with Crippen molar-refractivity contribution in [1.82, 2.24) is 5.43 Å². The maximum absolute atomic E-state index is 12.9. The molecular formula is C15H13FN4O3S. The summed E-state index contributed by atoms with van der Waals surface area (Å²) in [6.07, 6.45) is 1.34. The van der Waals surface area contributed by atoms with Crippen LogP contribution >= 0.6 is 12.2 Å². The van der Waals surface area contributed by atoms with Crippen LogP contribution in [0.25, 0.3) is 0 Å². The van der Waals surface area contributed by atoms with E-state index in [1.54, 1.807) is 18.2 Å². The lowest BCUT2D eigenvalue weighted by atomic mass is 10.2. The van der Waals surface area contributed by atoms with Crippen LogP contribution in [0.3, 0.4) is 0 Å². The molecule has 2 aromatic carbocycles. The molecule has 0 fully saturated rings. The molecule has 0 unspecified atom stereocenters. The summed E-state index contributed by atoms with van der Waals surface area (Å²) in [4.78, 5) is 10.6. The number of ether oxygens (including phenoxy) is 1. The molecule has 0 aliphatic heterocycles. The third kappa shape index (κ3) is 4.99. The summed E-state index contributed by atoms with van der Waals surface area (Å²) in [5.74, 6) is -0.261. The third-order valence-electron chi connectivity index (χ3n) is 2.88. The standard InChI is InChI=1S/C15H13FN4O3S/c16-12-4-1-10(2-5-12)9-23-14-6-3-11(7-13(14)20(21)22)8-18-19-15(17)24/h1-8H,9H2,(H3,17,19,24). The molecule has 0 saturated heterocycles. The van der Waals surface area contributed by atoms with Crippen LogP contribution in [0.4, 0.5) is 10.1 Å². The zero-order valence-electron chi connectivity index (χ0n) is 12.3. The van der Waals surface area contributed by atoms with Crippen molar-refractivity contribution in [2.45, 2.75) is 6.61 Å². The lowest BCUT2D eigenvalue weighted by Crippen LogP contribution is -2.23. The number of benzene rings is 2. The fourth-order valence-electron chi connectivity index (χ4n) is 1.79. The minimum absolute atomic E-state index is 0.0139. The average Bonchev–Trinajstić information content (AvgIpc) is 2.54. The van der Waals surface area contributed by atoms with Gasteiger partial charge >= 0.3 is 5.69 Å². The average molecular weight is 348 g/mol. The lowest BCUT2D eigenvalue weighted by molar-refractivity contribution is -0.385. The van der Waals surface area contributed by atoms with Gasteiger partial charge in [-0.05, 0) is 42.0 Å². The zero-order chi connectivity index (χ0) is 17.5. The maximum Gasteiger partial charge on any atom is 0.311 e. The monoisotopic (exact) mass is 348 g/mol. The quantitative estimate of drug-likeness (QED) is 0.360. The summed E-state index contributed by atoms with van der Waals surface area (Å²) in [6, 6.07) is 10.0. The van der Waals surface area contributed by atoms with Gasteiger partial charge in [-0.15, -0.1) is 0 Å². The van der Waals surface area contributed by atoms with Gasteiger partial charge < -0.3 is 10.5 Å². The number of halogens is 1. The fourth-order valence-corrected chi connectivity index (χ4v) is 1.84. The van der Waals surface area contributed by atoms with Crippen LogP contribution < -0.4 is 15.9 Å². The van der Waals surface area contributed by atoms with Crippen LogP contribution in [-0.4, -0.2) is 16.3 Å². The Kier molecular flexibility index (Phi) is 5.74. The highest BCUT2D eigenvalue weighted by Gasteiger charge is 2.15. The first-order valence-corrected chi connectivity index (χ1v) is 7.11. The number of nitrogens with one attached hydrogen (secondary N) is 1. The lowest BCUT2D eigenvalue weighted by Gasteiger charge is -2.07. The van der Waals surface area contributed by atoms with E-state index in [1.165, 1.54) is 30.5 Å². The second kappa shape index (κ2) is 7.97. The maximum atomic E-state index is 12.9. The molecule has 2 rings (SSSR count). The summed E-state index contributed by atoms with van der Waals surface area (Å²) >= 11 is 4.59. The Balaban J connectivity index is 2.14. The Bertz CT molecular complexity index is 781. The first-order valence-electron chi connectivity index (χ1n) is 6.70. The van der Waals surface area contributed by atoms with Gasteiger partial charge in [0.2, 0.25) is 0 Å². The topological polar surface area (TPSA) is 103 Å². The van der Waals surface area contributed by atoms with E-state index >= 15 is 0 Å². The van der Waals surface area contributed by atoms with E-state index in [1.807, 2.05) is 0 Å². The Morgan fingerprint density at radius 2 is 2.08 bits per heavy atom. The van der Waals surface area contributed by atoms with E-state index in [9.17, 15) is 14.5 Å². The first-order chi connectivity index (χ1) is 11.5. The van der Waals surface area contributed by atoms with Crippen LogP contribution in [0.2, 0.25) is 0 Å². The van der Waals surface area contributed by atoms with Gasteiger partial charge in [0.25, 0.3) is 0 Å². The molecule has 124 valence electrons. The minimum atomic E-state index is -0.557. The number of nitro benzene ring substituents is 1. The zero-order valence-corrected chi connectivity index (χ0v) is 13.1. The molecule has 0 bridgehead atoms. The number of nitrogens with zero attached hydrogens (tertiary/aromatic N) is 2. The molecule has 0 amide bonds. The van der Waals surface area contributed by atoms with Crippen molar-refractivity contribution in [3.63, 3.8) is 0 Å². The Morgan fingerprint density at radius 3 is 2.71 bits per heavy atom. The first kappa shape index (κ1) is 17.3. The van der Waals surface area contributed by atoms with Crippen LogP contribution in [0.15, 0.2) is 47.6 Å². The number of hydrogen-bond donors (Lipinski definition) is 2. The number of hydrogen-bond acceptors (Lipinski definition) is 5. The van der Waals surface area contributed by atoms with E-state index in [0.717, 1.165) is 0 Å². The number of thiocarbonyl (C=S) groups is 1. The molecule has 0 radical (unpaired) electrons. The van der Waals surface area contributed by atoms with Crippen molar-refractivity contribution >= 4 is 29.2 Å². The van der Waals surface area contributed by atoms with Crippen molar-refractivity contribution in [2.24, 2.45) is 10.8 Å². The van der Waals surface area contributed by atoms with Gasteiger partial charge in [0.1, 0.15) is 12.4 Å². The van der Waals surface area contributed by atoms with Crippen LogP contribution in [0.5, 0.6) is 5.75 Å². The molecule has 0 heterocycles. The molecule has 2 aromatic rings. The van der Waals surface area contributed by atoms with Crippen LogP contribution in [0, 0.1) is 15.9 Å². The molecule has 7 nitrogen and oxygen atoms in total. The van der Waals surface area contributed by atoms with E-state index in [4.69, 9.17) is 10.5 Å². The molecule has 9 heteroatoms. The van der Waals surface area contributed by atoms with Crippen molar-refractivity contribution in [3.05, 3.63) is 69.5 Å². The normalized spacial score (nSPS) is 10.5. The summed E-state index contributed by atoms with van der Waals surface area (Å²) in [6.45, 7) is 0.0809. The number of rotatable bonds is 6. The van der Waals surface area contributed by atoms with Crippen LogP contribution in [0.1, 0.15) is 11.1 Å². The number of nitrogens with two attached hydrogens (primary N) is 1. The van der Waals surface area contributed by atoms with E-state index in [0.29, 0.717) is 11.1 Å².